The van der Waals surface area contributed by atoms with E-state index in [1.807, 2.05) is 0 Å². The van der Waals surface area contributed by atoms with Crippen LogP contribution in [0.4, 0.5) is 0 Å². The van der Waals surface area contributed by atoms with Crippen LogP contribution in [0.15, 0.2) is 41.6 Å². The number of carbonyl (C=O) groups excluding carboxylic acids is 1. The molecule has 8 nitrogen and oxygen atoms in total. The molecule has 0 unspecified atom stereocenters. The van der Waals surface area contributed by atoms with Gasteiger partial charge in [0, 0.05) is 18.6 Å². The van der Waals surface area contributed by atoms with Crippen LogP contribution in [0.2, 0.25) is 0 Å². The van der Waals surface area contributed by atoms with E-state index in [1.54, 1.807) is 49.3 Å². The second kappa shape index (κ2) is 5.76. The van der Waals surface area contributed by atoms with Gasteiger partial charge in [0.25, 0.3) is 5.89 Å². The lowest BCUT2D eigenvalue weighted by atomic mass is 10.2. The average molecular weight is 299 g/mol. The third kappa shape index (κ3) is 2.85. The van der Waals surface area contributed by atoms with Crippen LogP contribution >= 0.6 is 0 Å². The molecule has 22 heavy (non-hydrogen) atoms. The lowest BCUT2D eigenvalue weighted by molar-refractivity contribution is 0.0265. The maximum atomic E-state index is 12.2. The van der Waals surface area contributed by atoms with Gasteiger partial charge >= 0.3 is 5.97 Å². The van der Waals surface area contributed by atoms with Gasteiger partial charge in [-0.05, 0) is 26.0 Å². The predicted octanol–water partition coefficient (Wildman–Crippen LogP) is 1.88. The van der Waals surface area contributed by atoms with Crippen molar-refractivity contribution in [2.45, 2.75) is 20.0 Å². The molecule has 0 radical (unpaired) electrons. The van der Waals surface area contributed by atoms with Crippen molar-refractivity contribution < 1.29 is 14.1 Å². The molecular formula is C14H13N5O3. The van der Waals surface area contributed by atoms with Crippen molar-refractivity contribution in [3.05, 3.63) is 54.3 Å². The quantitative estimate of drug-likeness (QED) is 0.678. The second-order valence-electron chi connectivity index (χ2n) is 4.60. The van der Waals surface area contributed by atoms with Crippen LogP contribution in [-0.2, 0) is 4.74 Å². The SMILES string of the molecule is Cc1noc([C@@H](C)OC(=O)c2ccnc(-n3ccnc3)c2)n1. The Morgan fingerprint density at radius 2 is 2.27 bits per heavy atom. The fourth-order valence-corrected chi connectivity index (χ4v) is 1.84. The molecule has 0 saturated carbocycles. The Morgan fingerprint density at radius 3 is 2.95 bits per heavy atom. The molecule has 3 rings (SSSR count). The Bertz CT molecular complexity index is 781. The van der Waals surface area contributed by atoms with Crippen molar-refractivity contribution in [3.63, 3.8) is 0 Å². The van der Waals surface area contributed by atoms with Crippen LogP contribution in [0.25, 0.3) is 5.82 Å². The van der Waals surface area contributed by atoms with E-state index < -0.39 is 12.1 Å². The molecule has 1 atom stereocenters. The highest BCUT2D eigenvalue weighted by molar-refractivity contribution is 5.89. The number of pyridine rings is 1. The molecule has 112 valence electrons. The maximum absolute atomic E-state index is 12.2. The Hall–Kier alpha value is -3.03. The first-order valence-corrected chi connectivity index (χ1v) is 6.59. The molecule has 0 amide bonds. The van der Waals surface area contributed by atoms with E-state index in [9.17, 15) is 4.79 Å². The molecule has 0 spiro atoms. The first kappa shape index (κ1) is 13.9. The average Bonchev–Trinajstić information content (AvgIpc) is 3.18. The predicted molar refractivity (Wildman–Crippen MR) is 74.2 cm³/mol. The smallest absolute Gasteiger partial charge is 0.339 e. The van der Waals surface area contributed by atoms with Crippen molar-refractivity contribution in [1.29, 1.82) is 0 Å². The summed E-state index contributed by atoms with van der Waals surface area (Å²) in [7, 11) is 0. The normalized spacial score (nSPS) is 12.1. The molecule has 0 saturated heterocycles. The number of carbonyl (C=O) groups is 1. The van der Waals surface area contributed by atoms with Gasteiger partial charge in [-0.25, -0.2) is 14.8 Å². The van der Waals surface area contributed by atoms with Crippen LogP contribution in [-0.4, -0.2) is 30.6 Å². The van der Waals surface area contributed by atoms with Crippen LogP contribution < -0.4 is 0 Å². The van der Waals surface area contributed by atoms with Gasteiger partial charge in [-0.2, -0.15) is 4.98 Å². The lowest BCUT2D eigenvalue weighted by Crippen LogP contribution is -2.10. The number of aryl methyl sites for hydroxylation is 1. The number of imidazole rings is 1. The van der Waals surface area contributed by atoms with Crippen molar-refractivity contribution >= 4 is 5.97 Å². The third-order valence-corrected chi connectivity index (χ3v) is 2.93. The Morgan fingerprint density at radius 1 is 1.41 bits per heavy atom. The summed E-state index contributed by atoms with van der Waals surface area (Å²) in [4.78, 5) is 24.3. The largest absolute Gasteiger partial charge is 0.449 e. The van der Waals surface area contributed by atoms with Crippen LogP contribution in [0.3, 0.4) is 0 Å². The molecule has 0 bridgehead atoms. The molecule has 0 aliphatic rings. The molecule has 0 fully saturated rings. The van der Waals surface area contributed by atoms with Crippen molar-refractivity contribution in [2.75, 3.05) is 0 Å². The monoisotopic (exact) mass is 299 g/mol. The second-order valence-corrected chi connectivity index (χ2v) is 4.60. The first-order valence-electron chi connectivity index (χ1n) is 6.59. The van der Waals surface area contributed by atoms with E-state index in [0.717, 1.165) is 0 Å². The highest BCUT2D eigenvalue weighted by Crippen LogP contribution is 2.17. The Kier molecular flexibility index (Phi) is 3.65. The van der Waals surface area contributed by atoms with Gasteiger partial charge in [0.15, 0.2) is 11.9 Å². The molecule has 3 heterocycles. The minimum atomic E-state index is -0.626. The molecule has 3 aromatic heterocycles. The van der Waals surface area contributed by atoms with Gasteiger partial charge < -0.3 is 9.26 Å². The Balaban J connectivity index is 1.76. The van der Waals surface area contributed by atoms with E-state index in [-0.39, 0.29) is 5.89 Å². The number of hydrogen-bond acceptors (Lipinski definition) is 7. The van der Waals surface area contributed by atoms with Gasteiger partial charge in [-0.3, -0.25) is 4.57 Å². The maximum Gasteiger partial charge on any atom is 0.339 e. The number of nitrogens with zero attached hydrogens (tertiary/aromatic N) is 5. The van der Waals surface area contributed by atoms with Crippen molar-refractivity contribution in [3.8, 4) is 5.82 Å². The third-order valence-electron chi connectivity index (χ3n) is 2.93. The summed E-state index contributed by atoms with van der Waals surface area (Å²) in [5.74, 6) is 0.833. The number of rotatable bonds is 4. The summed E-state index contributed by atoms with van der Waals surface area (Å²) >= 11 is 0. The molecule has 0 N–H and O–H groups in total. The van der Waals surface area contributed by atoms with E-state index >= 15 is 0 Å². The first-order chi connectivity index (χ1) is 10.6. The molecular weight excluding hydrogens is 286 g/mol. The highest BCUT2D eigenvalue weighted by Gasteiger charge is 2.19. The topological polar surface area (TPSA) is 95.9 Å². The zero-order chi connectivity index (χ0) is 15.5. The van der Waals surface area contributed by atoms with Gasteiger partial charge in [-0.1, -0.05) is 5.16 Å². The standard InChI is InChI=1S/C14H13N5O3/c1-9(13-17-10(2)18-22-13)21-14(20)11-3-4-16-12(7-11)19-6-5-15-8-19/h3-9H,1-2H3/t9-/m1/s1. The molecule has 3 aromatic rings. The molecule has 0 aromatic carbocycles. The van der Waals surface area contributed by atoms with E-state index in [2.05, 4.69) is 20.1 Å². The van der Waals surface area contributed by atoms with Crippen molar-refractivity contribution in [2.24, 2.45) is 0 Å². The molecule has 0 aliphatic carbocycles. The van der Waals surface area contributed by atoms with E-state index in [0.29, 0.717) is 17.2 Å². The number of aromatic nitrogens is 5. The molecule has 8 heteroatoms. The van der Waals surface area contributed by atoms with Gasteiger partial charge in [-0.15, -0.1) is 0 Å². The van der Waals surface area contributed by atoms with Crippen LogP contribution in [0, 0.1) is 6.92 Å². The summed E-state index contributed by atoms with van der Waals surface area (Å²) in [6.45, 7) is 3.37. The summed E-state index contributed by atoms with van der Waals surface area (Å²) in [5, 5.41) is 3.67. The van der Waals surface area contributed by atoms with Gasteiger partial charge in [0.2, 0.25) is 0 Å². The fourth-order valence-electron chi connectivity index (χ4n) is 1.84. The minimum absolute atomic E-state index is 0.259. The van der Waals surface area contributed by atoms with E-state index in [1.165, 1.54) is 6.20 Å². The lowest BCUT2D eigenvalue weighted by Gasteiger charge is -2.09. The highest BCUT2D eigenvalue weighted by atomic mass is 16.6. The summed E-state index contributed by atoms with van der Waals surface area (Å²) in [6, 6.07) is 3.20. The van der Waals surface area contributed by atoms with Gasteiger partial charge in [0.05, 0.1) is 5.56 Å². The zero-order valence-corrected chi connectivity index (χ0v) is 12.0. The van der Waals surface area contributed by atoms with Gasteiger partial charge in [0.1, 0.15) is 12.1 Å². The zero-order valence-electron chi connectivity index (χ0n) is 12.0. The summed E-state index contributed by atoms with van der Waals surface area (Å²) in [6.07, 6.45) is 5.88. The van der Waals surface area contributed by atoms with Crippen LogP contribution in [0.5, 0.6) is 0 Å². The molecule has 0 aliphatic heterocycles. The number of ether oxygens (including phenoxy) is 1. The fraction of sp³-hybridized carbons (Fsp3) is 0.214. The van der Waals surface area contributed by atoms with E-state index in [4.69, 9.17) is 9.26 Å². The minimum Gasteiger partial charge on any atom is -0.449 e. The van der Waals surface area contributed by atoms with Crippen molar-refractivity contribution in [1.82, 2.24) is 24.7 Å². The number of hydrogen-bond donors (Lipinski definition) is 0. The Labute approximate surface area is 125 Å². The number of esters is 1. The van der Waals surface area contributed by atoms with Crippen LogP contribution in [0.1, 0.15) is 35.1 Å². The summed E-state index contributed by atoms with van der Waals surface area (Å²) < 4.78 is 12.0. The summed E-state index contributed by atoms with van der Waals surface area (Å²) in [5.41, 5.74) is 0.377.